The molecule has 0 radical (unpaired) electrons. The van der Waals surface area contributed by atoms with Crippen LogP contribution in [0.3, 0.4) is 0 Å². The molecular formula is C19H15FN4O2. The van der Waals surface area contributed by atoms with Crippen LogP contribution in [0.25, 0.3) is 28.0 Å². The van der Waals surface area contributed by atoms with Crippen molar-refractivity contribution < 1.29 is 14.7 Å². The maximum atomic E-state index is 14.7. The molecule has 0 aliphatic heterocycles. The summed E-state index contributed by atoms with van der Waals surface area (Å²) in [6.07, 6.45) is 2.98. The lowest BCUT2D eigenvalue weighted by molar-refractivity contribution is 0.322. The SMILES string of the molecule is Cn1nccc1-c1c(C=NO)c2ccccc2n1-c1ccc(O)cc1F. The zero-order chi connectivity index (χ0) is 18.3. The standard InChI is InChI=1S/C19H15FN4O2/c1-23-18(8-9-21-23)19-14(11-22-26)13-4-2-3-5-16(13)24(19)17-7-6-12(25)10-15(17)20/h2-11,25-26H,1H3. The number of aryl methyl sites for hydroxylation is 1. The van der Waals surface area contributed by atoms with Crippen LogP contribution in [-0.4, -0.2) is 30.9 Å². The number of nitrogens with zero attached hydrogens (tertiary/aromatic N) is 4. The number of hydrogen-bond acceptors (Lipinski definition) is 4. The molecule has 130 valence electrons. The highest BCUT2D eigenvalue weighted by Gasteiger charge is 2.22. The Morgan fingerprint density at radius 3 is 2.65 bits per heavy atom. The van der Waals surface area contributed by atoms with Gasteiger partial charge >= 0.3 is 0 Å². The number of benzene rings is 2. The molecule has 0 aliphatic rings. The highest BCUT2D eigenvalue weighted by molar-refractivity contribution is 6.07. The molecule has 0 unspecified atom stereocenters. The maximum absolute atomic E-state index is 14.7. The van der Waals surface area contributed by atoms with Crippen molar-refractivity contribution in [1.29, 1.82) is 0 Å². The van der Waals surface area contributed by atoms with Crippen LogP contribution >= 0.6 is 0 Å². The minimum Gasteiger partial charge on any atom is -0.508 e. The summed E-state index contributed by atoms with van der Waals surface area (Å²) in [6.45, 7) is 0. The molecule has 2 N–H and O–H groups in total. The number of para-hydroxylation sites is 1. The van der Waals surface area contributed by atoms with E-state index in [0.717, 1.165) is 22.7 Å². The average molecular weight is 350 g/mol. The van der Waals surface area contributed by atoms with E-state index in [0.29, 0.717) is 11.3 Å². The molecule has 6 nitrogen and oxygen atoms in total. The summed E-state index contributed by atoms with van der Waals surface area (Å²) in [5.74, 6) is -0.719. The number of halogens is 1. The second kappa shape index (κ2) is 6.03. The van der Waals surface area contributed by atoms with Crippen molar-refractivity contribution in [3.8, 4) is 22.8 Å². The summed E-state index contributed by atoms with van der Waals surface area (Å²) in [7, 11) is 1.78. The zero-order valence-corrected chi connectivity index (χ0v) is 13.8. The van der Waals surface area contributed by atoms with Gasteiger partial charge in [-0.3, -0.25) is 4.68 Å². The van der Waals surface area contributed by atoms with Crippen molar-refractivity contribution in [2.75, 3.05) is 0 Å². The fraction of sp³-hybridized carbons (Fsp3) is 0.0526. The molecule has 2 aromatic carbocycles. The molecule has 0 spiro atoms. The number of hydrogen-bond donors (Lipinski definition) is 2. The third-order valence-corrected chi connectivity index (χ3v) is 4.34. The van der Waals surface area contributed by atoms with E-state index in [2.05, 4.69) is 10.3 Å². The Hall–Kier alpha value is -3.61. The average Bonchev–Trinajstić information content (AvgIpc) is 3.17. The van der Waals surface area contributed by atoms with E-state index in [4.69, 9.17) is 0 Å². The molecule has 4 aromatic rings. The first-order valence-electron chi connectivity index (χ1n) is 7.90. The topological polar surface area (TPSA) is 75.6 Å². The number of aromatic hydroxyl groups is 1. The molecule has 0 fully saturated rings. The van der Waals surface area contributed by atoms with Crippen LogP contribution in [0.2, 0.25) is 0 Å². The van der Waals surface area contributed by atoms with Crippen LogP contribution in [0.15, 0.2) is 59.9 Å². The number of fused-ring (bicyclic) bond motifs is 1. The Labute approximate surface area is 148 Å². The van der Waals surface area contributed by atoms with Gasteiger partial charge in [0.15, 0.2) is 5.82 Å². The zero-order valence-electron chi connectivity index (χ0n) is 13.8. The predicted octanol–water partition coefficient (Wildman–Crippen LogP) is 3.68. The smallest absolute Gasteiger partial charge is 0.150 e. The van der Waals surface area contributed by atoms with E-state index in [1.54, 1.807) is 28.6 Å². The Morgan fingerprint density at radius 2 is 1.96 bits per heavy atom. The van der Waals surface area contributed by atoms with Crippen molar-refractivity contribution in [2.45, 2.75) is 0 Å². The normalized spacial score (nSPS) is 11.6. The Balaban J connectivity index is 2.19. The quantitative estimate of drug-likeness (QED) is 0.336. The number of phenolic OH excluding ortho intramolecular Hbond substituents is 1. The monoisotopic (exact) mass is 350 g/mol. The lowest BCUT2D eigenvalue weighted by Crippen LogP contribution is -2.04. The van der Waals surface area contributed by atoms with Gasteiger partial charge in [-0.15, -0.1) is 0 Å². The van der Waals surface area contributed by atoms with E-state index in [1.165, 1.54) is 18.3 Å². The van der Waals surface area contributed by atoms with Crippen LogP contribution < -0.4 is 0 Å². The van der Waals surface area contributed by atoms with Gasteiger partial charge in [-0.25, -0.2) is 4.39 Å². The summed E-state index contributed by atoms with van der Waals surface area (Å²) >= 11 is 0. The molecule has 26 heavy (non-hydrogen) atoms. The first-order chi connectivity index (χ1) is 12.6. The molecule has 7 heteroatoms. The van der Waals surface area contributed by atoms with Gasteiger partial charge in [0.2, 0.25) is 0 Å². The minimum absolute atomic E-state index is 0.151. The second-order valence-corrected chi connectivity index (χ2v) is 5.84. The molecule has 0 amide bonds. The first kappa shape index (κ1) is 15.9. The first-order valence-corrected chi connectivity index (χ1v) is 7.90. The summed E-state index contributed by atoms with van der Waals surface area (Å²) < 4.78 is 18.1. The van der Waals surface area contributed by atoms with E-state index in [1.807, 2.05) is 24.3 Å². The van der Waals surface area contributed by atoms with Gasteiger partial charge in [0, 0.05) is 30.3 Å². The summed E-state index contributed by atoms with van der Waals surface area (Å²) in [4.78, 5) is 0. The van der Waals surface area contributed by atoms with Gasteiger partial charge < -0.3 is 14.9 Å². The highest BCUT2D eigenvalue weighted by atomic mass is 19.1. The van der Waals surface area contributed by atoms with Crippen molar-refractivity contribution in [3.05, 3.63) is 66.1 Å². The minimum atomic E-state index is -0.568. The van der Waals surface area contributed by atoms with Crippen LogP contribution in [0.5, 0.6) is 5.75 Å². The summed E-state index contributed by atoms with van der Waals surface area (Å²) in [6, 6.07) is 13.3. The third kappa shape index (κ3) is 2.33. The van der Waals surface area contributed by atoms with Crippen molar-refractivity contribution in [2.24, 2.45) is 12.2 Å². The summed E-state index contributed by atoms with van der Waals surface area (Å²) in [5, 5.41) is 26.9. The maximum Gasteiger partial charge on any atom is 0.150 e. The predicted molar refractivity (Wildman–Crippen MR) is 96.5 cm³/mol. The number of aromatic nitrogens is 3. The number of oxime groups is 1. The largest absolute Gasteiger partial charge is 0.508 e. The van der Waals surface area contributed by atoms with Crippen molar-refractivity contribution >= 4 is 17.1 Å². The van der Waals surface area contributed by atoms with Crippen LogP contribution in [0, 0.1) is 5.82 Å². The molecule has 2 heterocycles. The van der Waals surface area contributed by atoms with Crippen LogP contribution in [-0.2, 0) is 7.05 Å². The molecule has 0 saturated carbocycles. The number of phenols is 1. The van der Waals surface area contributed by atoms with Gasteiger partial charge in [0.05, 0.1) is 28.8 Å². The third-order valence-electron chi connectivity index (χ3n) is 4.34. The van der Waals surface area contributed by atoms with Gasteiger partial charge in [-0.2, -0.15) is 5.10 Å². The summed E-state index contributed by atoms with van der Waals surface area (Å²) in [5.41, 5.74) is 3.01. The Morgan fingerprint density at radius 1 is 1.15 bits per heavy atom. The lowest BCUT2D eigenvalue weighted by Gasteiger charge is -2.13. The van der Waals surface area contributed by atoms with Crippen molar-refractivity contribution in [3.63, 3.8) is 0 Å². The molecular weight excluding hydrogens is 335 g/mol. The van der Waals surface area contributed by atoms with Gasteiger partial charge in [0.25, 0.3) is 0 Å². The molecule has 0 saturated heterocycles. The Bertz CT molecular complexity index is 1140. The van der Waals surface area contributed by atoms with E-state index in [-0.39, 0.29) is 11.4 Å². The van der Waals surface area contributed by atoms with Crippen molar-refractivity contribution in [1.82, 2.24) is 14.3 Å². The molecule has 0 aliphatic carbocycles. The van der Waals surface area contributed by atoms with E-state index >= 15 is 0 Å². The van der Waals surface area contributed by atoms with E-state index in [9.17, 15) is 14.7 Å². The van der Waals surface area contributed by atoms with Gasteiger partial charge in [0.1, 0.15) is 5.75 Å². The lowest BCUT2D eigenvalue weighted by atomic mass is 10.1. The van der Waals surface area contributed by atoms with Crippen LogP contribution in [0.4, 0.5) is 4.39 Å². The molecule has 0 bridgehead atoms. The molecule has 4 rings (SSSR count). The van der Waals surface area contributed by atoms with Crippen LogP contribution in [0.1, 0.15) is 5.56 Å². The second-order valence-electron chi connectivity index (χ2n) is 5.84. The van der Waals surface area contributed by atoms with Gasteiger partial charge in [-0.05, 0) is 24.3 Å². The Kier molecular flexibility index (Phi) is 3.69. The fourth-order valence-electron chi connectivity index (χ4n) is 3.24. The van der Waals surface area contributed by atoms with E-state index < -0.39 is 5.82 Å². The van der Waals surface area contributed by atoms with Gasteiger partial charge in [-0.1, -0.05) is 23.4 Å². The molecule has 0 atom stereocenters. The molecule has 2 aromatic heterocycles. The fourth-order valence-corrected chi connectivity index (χ4v) is 3.24. The highest BCUT2D eigenvalue weighted by Crippen LogP contribution is 2.36. The number of rotatable bonds is 3.